The Balaban J connectivity index is 1.28. The van der Waals surface area contributed by atoms with E-state index in [0.717, 1.165) is 31.0 Å². The molecule has 2 aromatic rings. The van der Waals surface area contributed by atoms with Gasteiger partial charge in [-0.3, -0.25) is 9.59 Å². The summed E-state index contributed by atoms with van der Waals surface area (Å²) in [7, 11) is 1.18. The van der Waals surface area contributed by atoms with Crippen LogP contribution in [-0.2, 0) is 16.1 Å². The third-order valence-corrected chi connectivity index (χ3v) is 6.84. The molecule has 2 aromatic carbocycles. The van der Waals surface area contributed by atoms with Gasteiger partial charge in [0, 0.05) is 24.6 Å². The molecule has 3 fully saturated rings. The molecular weight excluding hydrogens is 473 g/mol. The number of hydrogen-bond acceptors (Lipinski definition) is 4. The molecule has 10 heteroatoms. The van der Waals surface area contributed by atoms with Crippen LogP contribution in [0.3, 0.4) is 0 Å². The lowest BCUT2D eigenvalue weighted by Crippen LogP contribution is -2.56. The van der Waals surface area contributed by atoms with Gasteiger partial charge in [-0.2, -0.15) is 0 Å². The zero-order valence-electron chi connectivity index (χ0n) is 18.4. The van der Waals surface area contributed by atoms with E-state index in [9.17, 15) is 22.8 Å². The number of carbonyl (C=O) groups excluding carboxylic acids is 2. The molecule has 0 aliphatic heterocycles. The van der Waals surface area contributed by atoms with Crippen LogP contribution in [-0.4, -0.2) is 31.6 Å². The van der Waals surface area contributed by atoms with Gasteiger partial charge < -0.3 is 20.1 Å². The van der Waals surface area contributed by atoms with E-state index in [0.29, 0.717) is 6.42 Å². The molecule has 6 nitrogen and oxygen atoms in total. The monoisotopic (exact) mass is 496 g/mol. The van der Waals surface area contributed by atoms with E-state index in [1.807, 2.05) is 0 Å². The fourth-order valence-corrected chi connectivity index (χ4v) is 4.83. The summed E-state index contributed by atoms with van der Waals surface area (Å²) in [6, 6.07) is 5.98. The van der Waals surface area contributed by atoms with Gasteiger partial charge in [-0.05, 0) is 60.9 Å². The van der Waals surface area contributed by atoms with Crippen LogP contribution in [0.15, 0.2) is 30.3 Å². The van der Waals surface area contributed by atoms with E-state index < -0.39 is 23.2 Å². The normalized spacial score (nSPS) is 23.0. The van der Waals surface area contributed by atoms with E-state index in [4.69, 9.17) is 16.3 Å². The molecule has 0 saturated heterocycles. The predicted octanol–water partition coefficient (Wildman–Crippen LogP) is 3.99. The van der Waals surface area contributed by atoms with Crippen molar-refractivity contribution < 1.29 is 32.2 Å². The fraction of sp³-hybridized carbons (Fsp3) is 0.417. The van der Waals surface area contributed by atoms with Crippen molar-refractivity contribution in [2.45, 2.75) is 31.8 Å². The van der Waals surface area contributed by atoms with Gasteiger partial charge in [0.05, 0.1) is 12.1 Å². The van der Waals surface area contributed by atoms with Crippen molar-refractivity contribution in [3.8, 4) is 11.5 Å². The number of carbonyl (C=O) groups is 2. The zero-order chi connectivity index (χ0) is 24.4. The molecule has 2 atom stereocenters. The number of hydrogen-bond donors (Lipinski definition) is 2. The Labute approximate surface area is 199 Å². The molecule has 34 heavy (non-hydrogen) atoms. The first-order chi connectivity index (χ1) is 16.2. The highest BCUT2D eigenvalue weighted by Gasteiger charge is 2.48. The Morgan fingerprint density at radius 2 is 1.74 bits per heavy atom. The van der Waals surface area contributed by atoms with Crippen LogP contribution < -0.4 is 20.1 Å². The minimum absolute atomic E-state index is 0.0220. The van der Waals surface area contributed by atoms with Crippen molar-refractivity contribution in [3.05, 3.63) is 58.4 Å². The summed E-state index contributed by atoms with van der Waals surface area (Å²) in [5.74, 6) is -2.97. The van der Waals surface area contributed by atoms with Crippen LogP contribution in [0.1, 0.15) is 24.8 Å². The predicted molar refractivity (Wildman–Crippen MR) is 118 cm³/mol. The van der Waals surface area contributed by atoms with Gasteiger partial charge in [0.2, 0.25) is 5.91 Å². The minimum atomic E-state index is -0.836. The second-order valence-corrected chi connectivity index (χ2v) is 9.09. The first-order valence-corrected chi connectivity index (χ1v) is 11.3. The van der Waals surface area contributed by atoms with E-state index in [1.165, 1.54) is 19.2 Å². The van der Waals surface area contributed by atoms with Crippen molar-refractivity contribution in [1.82, 2.24) is 10.6 Å². The Hall–Kier alpha value is -2.94. The van der Waals surface area contributed by atoms with E-state index >= 15 is 0 Å². The van der Waals surface area contributed by atoms with Gasteiger partial charge in [0.15, 0.2) is 24.0 Å². The van der Waals surface area contributed by atoms with Crippen LogP contribution >= 0.6 is 11.6 Å². The average Bonchev–Trinajstić information content (AvgIpc) is 2.77. The van der Waals surface area contributed by atoms with Gasteiger partial charge in [0.25, 0.3) is 5.91 Å². The molecule has 3 aliphatic carbocycles. The summed E-state index contributed by atoms with van der Waals surface area (Å²) in [6.45, 7) is -0.314. The Morgan fingerprint density at radius 3 is 2.38 bits per heavy atom. The van der Waals surface area contributed by atoms with Gasteiger partial charge in [0.1, 0.15) is 11.6 Å². The van der Waals surface area contributed by atoms with Crippen LogP contribution in [0, 0.1) is 35.2 Å². The highest BCUT2D eigenvalue weighted by molar-refractivity contribution is 6.30. The fourth-order valence-electron chi connectivity index (χ4n) is 4.72. The number of halogens is 4. The summed E-state index contributed by atoms with van der Waals surface area (Å²) in [4.78, 5) is 25.2. The number of benzene rings is 2. The molecule has 0 spiro atoms. The van der Waals surface area contributed by atoms with Crippen molar-refractivity contribution in [1.29, 1.82) is 0 Å². The van der Waals surface area contributed by atoms with Gasteiger partial charge in [-0.15, -0.1) is 0 Å². The highest BCUT2D eigenvalue weighted by Crippen LogP contribution is 2.49. The van der Waals surface area contributed by atoms with E-state index in [2.05, 4.69) is 15.4 Å². The van der Waals surface area contributed by atoms with Crippen LogP contribution in [0.5, 0.6) is 11.5 Å². The third kappa shape index (κ3) is 5.24. The molecule has 3 aliphatic rings. The molecule has 2 N–H and O–H groups in total. The number of methoxy groups -OCH3 is 1. The number of fused-ring (bicyclic) bond motifs is 2. The molecule has 0 unspecified atom stereocenters. The quantitative estimate of drug-likeness (QED) is 0.579. The summed E-state index contributed by atoms with van der Waals surface area (Å²) >= 11 is 5.63. The molecule has 0 heterocycles. The molecule has 0 aromatic heterocycles. The smallest absolute Gasteiger partial charge is 0.258 e. The maximum Gasteiger partial charge on any atom is 0.258 e. The average molecular weight is 497 g/mol. The first-order valence-electron chi connectivity index (χ1n) is 10.9. The summed E-state index contributed by atoms with van der Waals surface area (Å²) in [5.41, 5.74) is 0.284. The van der Waals surface area contributed by atoms with Crippen LogP contribution in [0.25, 0.3) is 0 Å². The lowest BCUT2D eigenvalue weighted by Gasteiger charge is -2.50. The largest absolute Gasteiger partial charge is 0.491 e. The molecular formula is C24H24ClF3N2O4. The summed E-state index contributed by atoms with van der Waals surface area (Å²) < 4.78 is 51.3. The Bertz CT molecular complexity index is 1070. The van der Waals surface area contributed by atoms with Crippen molar-refractivity contribution >= 4 is 23.4 Å². The SMILES string of the molecule is COc1c(F)cc(CNC(=O)[C@@H]2C[C@H](NC(=O)COc3ccc(Cl)c(F)c3)C3CC2C3)cc1F. The third-order valence-electron chi connectivity index (χ3n) is 6.53. The zero-order valence-corrected chi connectivity index (χ0v) is 19.1. The van der Waals surface area contributed by atoms with Crippen molar-refractivity contribution in [2.75, 3.05) is 13.7 Å². The topological polar surface area (TPSA) is 76.7 Å². The second kappa shape index (κ2) is 10.1. The van der Waals surface area contributed by atoms with Crippen molar-refractivity contribution in [3.63, 3.8) is 0 Å². The number of ether oxygens (including phenoxy) is 2. The maximum absolute atomic E-state index is 13.9. The lowest BCUT2D eigenvalue weighted by atomic mass is 9.57. The Morgan fingerprint density at radius 1 is 1.03 bits per heavy atom. The number of amides is 2. The summed E-state index contributed by atoms with van der Waals surface area (Å²) in [6.07, 6.45) is 2.10. The van der Waals surface area contributed by atoms with Gasteiger partial charge in [-0.25, -0.2) is 13.2 Å². The number of rotatable bonds is 8. The van der Waals surface area contributed by atoms with E-state index in [1.54, 1.807) is 0 Å². The molecule has 2 amide bonds. The molecule has 0 radical (unpaired) electrons. The van der Waals surface area contributed by atoms with Gasteiger partial charge in [-0.1, -0.05) is 11.6 Å². The lowest BCUT2D eigenvalue weighted by molar-refractivity contribution is -0.136. The van der Waals surface area contributed by atoms with Crippen molar-refractivity contribution in [2.24, 2.45) is 17.8 Å². The minimum Gasteiger partial charge on any atom is -0.491 e. The molecule has 5 rings (SSSR count). The Kier molecular flexibility index (Phi) is 7.21. The second-order valence-electron chi connectivity index (χ2n) is 8.68. The molecule has 3 saturated carbocycles. The van der Waals surface area contributed by atoms with E-state index in [-0.39, 0.29) is 65.1 Å². The number of nitrogens with one attached hydrogen (secondary N) is 2. The molecule has 2 bridgehead atoms. The van der Waals surface area contributed by atoms with Crippen LogP contribution in [0.2, 0.25) is 5.02 Å². The van der Waals surface area contributed by atoms with Gasteiger partial charge >= 0.3 is 0 Å². The summed E-state index contributed by atoms with van der Waals surface area (Å²) in [5, 5.41) is 5.62. The highest BCUT2D eigenvalue weighted by atomic mass is 35.5. The molecule has 182 valence electrons. The first kappa shape index (κ1) is 24.2. The maximum atomic E-state index is 13.9. The van der Waals surface area contributed by atoms with Crippen LogP contribution in [0.4, 0.5) is 13.2 Å². The standard InChI is InChI=1S/C24H24ClF3N2O4/c1-33-23-19(27)4-12(5-20(23)28)10-29-24(32)16-9-21(14-6-13(16)7-14)30-22(31)11-34-15-2-3-17(25)18(26)8-15/h2-5,8,13-14,16,21H,6-7,9-11H2,1H3,(H,29,32)(H,30,31)/t13?,14?,16-,21+/m1/s1.